The van der Waals surface area contributed by atoms with Gasteiger partial charge in [0.1, 0.15) is 7.85 Å². The zero-order valence-electron chi connectivity index (χ0n) is 19.5. The molecule has 0 aliphatic carbocycles. The average molecular weight is 446 g/mol. The second kappa shape index (κ2) is 9.04. The molecule has 0 aliphatic heterocycles. The van der Waals surface area contributed by atoms with Gasteiger partial charge in [-0.3, -0.25) is 0 Å². The minimum atomic E-state index is 0.730. The maximum absolute atomic E-state index is 5.05. The molecule has 0 saturated carbocycles. The smallest absolute Gasteiger partial charge is 0.160 e. The van der Waals surface area contributed by atoms with Crippen LogP contribution in [0.25, 0.3) is 55.8 Å². The fourth-order valence-electron chi connectivity index (χ4n) is 4.61. The number of benzene rings is 5. The number of aromatic nitrogens is 2. The van der Waals surface area contributed by atoms with Crippen molar-refractivity contribution in [1.82, 2.24) is 9.97 Å². The lowest BCUT2D eigenvalue weighted by Crippen LogP contribution is -2.04. The van der Waals surface area contributed by atoms with Gasteiger partial charge in [-0.25, -0.2) is 9.97 Å². The Morgan fingerprint density at radius 2 is 1.03 bits per heavy atom. The quantitative estimate of drug-likeness (QED) is 0.287. The van der Waals surface area contributed by atoms with Crippen molar-refractivity contribution in [3.63, 3.8) is 0 Å². The van der Waals surface area contributed by atoms with Crippen LogP contribution in [0.3, 0.4) is 0 Å². The molecule has 1 aromatic heterocycles. The highest BCUT2D eigenvalue weighted by molar-refractivity contribution is 6.39. The van der Waals surface area contributed by atoms with E-state index in [1.54, 1.807) is 0 Å². The van der Waals surface area contributed by atoms with Gasteiger partial charge in [-0.1, -0.05) is 121 Å². The van der Waals surface area contributed by atoms with Crippen LogP contribution < -0.4 is 5.46 Å². The van der Waals surface area contributed by atoms with Gasteiger partial charge >= 0.3 is 0 Å². The number of hydrogen-bond acceptors (Lipinski definition) is 2. The van der Waals surface area contributed by atoms with Gasteiger partial charge in [-0.05, 0) is 34.0 Å². The second-order valence-corrected chi connectivity index (χ2v) is 8.75. The summed E-state index contributed by atoms with van der Waals surface area (Å²) in [5.41, 5.74) is 8.66. The van der Waals surface area contributed by atoms with Gasteiger partial charge in [-0.15, -0.1) is 0 Å². The van der Waals surface area contributed by atoms with Crippen molar-refractivity contribution in [2.24, 2.45) is 0 Å². The highest BCUT2D eigenvalue weighted by atomic mass is 14.9. The molecule has 0 unspecified atom stereocenters. The van der Waals surface area contributed by atoms with Crippen LogP contribution in [0.5, 0.6) is 0 Å². The van der Waals surface area contributed by atoms with Crippen LogP contribution in [0.4, 0.5) is 0 Å². The van der Waals surface area contributed by atoms with E-state index in [4.69, 9.17) is 9.97 Å². The minimum absolute atomic E-state index is 0.730. The summed E-state index contributed by atoms with van der Waals surface area (Å²) < 4.78 is 0. The molecule has 0 N–H and O–H groups in total. The summed E-state index contributed by atoms with van der Waals surface area (Å²) >= 11 is 0. The number of hydrogen-bond donors (Lipinski definition) is 0. The number of nitrogens with zero attached hydrogens (tertiary/aromatic N) is 2. The molecule has 3 heteroatoms. The van der Waals surface area contributed by atoms with Crippen molar-refractivity contribution < 1.29 is 0 Å². The van der Waals surface area contributed by atoms with Gasteiger partial charge in [0.25, 0.3) is 0 Å². The zero-order chi connectivity index (χ0) is 23.6. The van der Waals surface area contributed by atoms with Gasteiger partial charge in [-0.2, -0.15) is 0 Å². The van der Waals surface area contributed by atoms with E-state index in [0.717, 1.165) is 33.9 Å². The van der Waals surface area contributed by atoms with E-state index < -0.39 is 0 Å². The molecule has 0 spiro atoms. The van der Waals surface area contributed by atoms with E-state index in [-0.39, 0.29) is 0 Å². The Balaban J connectivity index is 1.57. The first-order valence-corrected chi connectivity index (χ1v) is 11.9. The standard InChI is InChI=1S/C32H23BN2/c33-29-19-18-28(26-16-7-8-17-27(26)29)31-21-30(34-32(35-31)23-12-5-2-6-13-23)25-15-9-14-24(20-25)22-10-3-1-4-11-22/h1-21H,33H2. The van der Waals surface area contributed by atoms with E-state index >= 15 is 0 Å². The molecule has 0 aliphatic rings. The van der Waals surface area contributed by atoms with Crippen LogP contribution in [-0.2, 0) is 0 Å². The third-order valence-electron chi connectivity index (χ3n) is 6.44. The normalized spacial score (nSPS) is 11.0. The monoisotopic (exact) mass is 446 g/mol. The van der Waals surface area contributed by atoms with Gasteiger partial charge in [0.2, 0.25) is 0 Å². The van der Waals surface area contributed by atoms with Crippen molar-refractivity contribution in [1.29, 1.82) is 0 Å². The summed E-state index contributed by atoms with van der Waals surface area (Å²) in [5, 5.41) is 2.45. The lowest BCUT2D eigenvalue weighted by molar-refractivity contribution is 1.18. The predicted molar refractivity (Wildman–Crippen MR) is 149 cm³/mol. The van der Waals surface area contributed by atoms with E-state index in [0.29, 0.717) is 0 Å². The van der Waals surface area contributed by atoms with E-state index in [9.17, 15) is 0 Å². The fraction of sp³-hybridized carbons (Fsp3) is 0. The summed E-state index contributed by atoms with van der Waals surface area (Å²) in [7, 11) is 2.15. The van der Waals surface area contributed by atoms with Crippen molar-refractivity contribution in [2.75, 3.05) is 0 Å². The lowest BCUT2D eigenvalue weighted by Gasteiger charge is -2.13. The Morgan fingerprint density at radius 3 is 1.80 bits per heavy atom. The Labute approximate surface area is 206 Å². The molecule has 164 valence electrons. The third-order valence-corrected chi connectivity index (χ3v) is 6.44. The Bertz CT molecular complexity index is 1640. The van der Waals surface area contributed by atoms with Crippen molar-refractivity contribution in [3.8, 4) is 45.0 Å². The molecule has 0 saturated heterocycles. The first-order chi connectivity index (χ1) is 17.3. The molecular formula is C32H23BN2. The Hall–Kier alpha value is -4.50. The molecule has 0 atom stereocenters. The van der Waals surface area contributed by atoms with Crippen LogP contribution in [-0.4, -0.2) is 17.8 Å². The summed E-state index contributed by atoms with van der Waals surface area (Å²) in [6.45, 7) is 0. The van der Waals surface area contributed by atoms with Gasteiger partial charge in [0, 0.05) is 16.7 Å². The van der Waals surface area contributed by atoms with Gasteiger partial charge < -0.3 is 0 Å². The maximum Gasteiger partial charge on any atom is 0.160 e. The molecule has 1 heterocycles. The van der Waals surface area contributed by atoms with Gasteiger partial charge in [0.05, 0.1) is 11.4 Å². The minimum Gasteiger partial charge on any atom is -0.228 e. The largest absolute Gasteiger partial charge is 0.228 e. The Kier molecular flexibility index (Phi) is 5.44. The summed E-state index contributed by atoms with van der Waals surface area (Å²) in [4.78, 5) is 10.1. The molecule has 2 nitrogen and oxygen atoms in total. The number of rotatable bonds is 4. The van der Waals surface area contributed by atoms with E-state index in [1.807, 2.05) is 24.3 Å². The second-order valence-electron chi connectivity index (χ2n) is 8.75. The molecule has 0 fully saturated rings. The van der Waals surface area contributed by atoms with Crippen molar-refractivity contribution in [2.45, 2.75) is 0 Å². The van der Waals surface area contributed by atoms with Crippen molar-refractivity contribution in [3.05, 3.63) is 127 Å². The molecule has 0 bridgehead atoms. The molecule has 6 aromatic rings. The summed E-state index contributed by atoms with van der Waals surface area (Å²) in [6.07, 6.45) is 0. The summed E-state index contributed by atoms with van der Waals surface area (Å²) in [5.74, 6) is 0.730. The first kappa shape index (κ1) is 21.1. The van der Waals surface area contributed by atoms with Crippen LogP contribution in [0, 0.1) is 0 Å². The molecule has 6 rings (SSSR count). The molecule has 0 radical (unpaired) electrons. The highest BCUT2D eigenvalue weighted by Gasteiger charge is 2.13. The van der Waals surface area contributed by atoms with E-state index in [2.05, 4.69) is 111 Å². The zero-order valence-corrected chi connectivity index (χ0v) is 19.5. The molecule has 5 aromatic carbocycles. The lowest BCUT2D eigenvalue weighted by atomic mass is 9.87. The predicted octanol–water partition coefficient (Wildman–Crippen LogP) is 6.56. The fourth-order valence-corrected chi connectivity index (χ4v) is 4.61. The summed E-state index contributed by atoms with van der Waals surface area (Å²) in [6, 6.07) is 44.3. The van der Waals surface area contributed by atoms with Crippen molar-refractivity contribution >= 4 is 24.1 Å². The van der Waals surface area contributed by atoms with Crippen LogP contribution in [0.1, 0.15) is 0 Å². The molecule has 35 heavy (non-hydrogen) atoms. The Morgan fingerprint density at radius 1 is 0.429 bits per heavy atom. The van der Waals surface area contributed by atoms with Crippen LogP contribution in [0.2, 0.25) is 0 Å². The first-order valence-electron chi connectivity index (χ1n) is 11.9. The molecule has 0 amide bonds. The maximum atomic E-state index is 5.05. The van der Waals surface area contributed by atoms with Crippen LogP contribution in [0.15, 0.2) is 127 Å². The van der Waals surface area contributed by atoms with E-state index in [1.165, 1.54) is 27.4 Å². The number of fused-ring (bicyclic) bond motifs is 1. The average Bonchev–Trinajstić information content (AvgIpc) is 2.94. The third kappa shape index (κ3) is 4.13. The highest BCUT2D eigenvalue weighted by Crippen LogP contribution is 2.32. The SMILES string of the molecule is Bc1ccc(-c2cc(-c3cccc(-c4ccccc4)c3)nc(-c3ccccc3)n2)c2ccccc12. The molecular weight excluding hydrogens is 423 g/mol. The van der Waals surface area contributed by atoms with Crippen LogP contribution >= 0.6 is 0 Å². The van der Waals surface area contributed by atoms with Gasteiger partial charge in [0.15, 0.2) is 5.82 Å². The topological polar surface area (TPSA) is 25.8 Å².